The van der Waals surface area contributed by atoms with Crippen molar-refractivity contribution in [1.82, 2.24) is 15.2 Å². The van der Waals surface area contributed by atoms with Crippen LogP contribution in [-0.4, -0.2) is 15.2 Å². The lowest BCUT2D eigenvalue weighted by molar-refractivity contribution is 0.631. The first-order valence-corrected chi connectivity index (χ1v) is 8.87. The Bertz CT molecular complexity index is 1040. The molecular weight excluding hydrogens is 353 g/mol. The van der Waals surface area contributed by atoms with Crippen molar-refractivity contribution in [2.75, 3.05) is 10.2 Å². The van der Waals surface area contributed by atoms with Crippen molar-refractivity contribution in [3.8, 4) is 0 Å². The second kappa shape index (κ2) is 8.26. The van der Waals surface area contributed by atoms with E-state index in [-0.39, 0.29) is 11.8 Å². The van der Waals surface area contributed by atoms with Gasteiger partial charge in [-0.15, -0.1) is 5.10 Å². The van der Waals surface area contributed by atoms with Gasteiger partial charge in [0, 0.05) is 12.2 Å². The number of halogens is 1. The molecule has 0 atom stereocenters. The maximum atomic E-state index is 13.9. The molecule has 5 nitrogen and oxygen atoms in total. The van der Waals surface area contributed by atoms with E-state index in [2.05, 4.69) is 32.6 Å². The number of rotatable bonds is 6. The largest absolute Gasteiger partial charge is 0.321 e. The zero-order chi connectivity index (χ0) is 19.2. The molecule has 0 saturated heterocycles. The molecule has 0 aliphatic heterocycles. The highest BCUT2D eigenvalue weighted by Gasteiger charge is 2.14. The van der Waals surface area contributed by atoms with Gasteiger partial charge in [0.25, 0.3) is 0 Å². The minimum Gasteiger partial charge on any atom is -0.321 e. The van der Waals surface area contributed by atoms with Crippen molar-refractivity contribution in [3.63, 3.8) is 0 Å². The van der Waals surface area contributed by atoms with E-state index in [0.29, 0.717) is 18.1 Å². The summed E-state index contributed by atoms with van der Waals surface area (Å²) in [6.07, 6.45) is 1.60. The third-order valence-corrected chi connectivity index (χ3v) is 4.19. The first-order chi connectivity index (χ1) is 13.8. The molecule has 6 heteroatoms. The quantitative estimate of drug-likeness (QED) is 0.511. The van der Waals surface area contributed by atoms with Gasteiger partial charge in [0.2, 0.25) is 5.95 Å². The molecule has 0 unspecified atom stereocenters. The first-order valence-electron chi connectivity index (χ1n) is 8.87. The van der Waals surface area contributed by atoms with Crippen LogP contribution in [0.2, 0.25) is 0 Å². The molecule has 0 amide bonds. The van der Waals surface area contributed by atoms with E-state index in [9.17, 15) is 4.39 Å². The second-order valence-electron chi connectivity index (χ2n) is 6.15. The summed E-state index contributed by atoms with van der Waals surface area (Å²) >= 11 is 0. The highest BCUT2D eigenvalue weighted by molar-refractivity contribution is 5.61. The summed E-state index contributed by atoms with van der Waals surface area (Å²) < 4.78 is 13.9. The minimum atomic E-state index is -0.374. The second-order valence-corrected chi connectivity index (χ2v) is 6.15. The van der Waals surface area contributed by atoms with Crippen LogP contribution in [0.5, 0.6) is 0 Å². The molecule has 0 aliphatic carbocycles. The van der Waals surface area contributed by atoms with Gasteiger partial charge in [-0.3, -0.25) is 0 Å². The van der Waals surface area contributed by atoms with Gasteiger partial charge >= 0.3 is 0 Å². The lowest BCUT2D eigenvalue weighted by Gasteiger charge is -2.24. The predicted octanol–water partition coefficient (Wildman–Crippen LogP) is 5.09. The van der Waals surface area contributed by atoms with Gasteiger partial charge < -0.3 is 10.2 Å². The zero-order valence-electron chi connectivity index (χ0n) is 15.0. The lowest BCUT2D eigenvalue weighted by Crippen LogP contribution is -2.18. The third-order valence-electron chi connectivity index (χ3n) is 4.19. The van der Waals surface area contributed by atoms with Crippen LogP contribution >= 0.6 is 0 Å². The van der Waals surface area contributed by atoms with Crippen LogP contribution in [-0.2, 0) is 6.54 Å². The van der Waals surface area contributed by atoms with Crippen molar-refractivity contribution in [2.24, 2.45) is 0 Å². The molecule has 28 heavy (non-hydrogen) atoms. The monoisotopic (exact) mass is 371 g/mol. The number of para-hydroxylation sites is 2. The van der Waals surface area contributed by atoms with Crippen LogP contribution in [0.4, 0.5) is 27.5 Å². The molecule has 4 rings (SSSR count). The van der Waals surface area contributed by atoms with E-state index in [4.69, 9.17) is 0 Å². The smallest absolute Gasteiger partial charge is 0.249 e. The molecule has 0 bridgehead atoms. The summed E-state index contributed by atoms with van der Waals surface area (Å²) in [4.78, 5) is 6.59. The van der Waals surface area contributed by atoms with Gasteiger partial charge in [-0.25, -0.2) is 4.39 Å². The molecule has 0 radical (unpaired) electrons. The van der Waals surface area contributed by atoms with Crippen LogP contribution in [0.15, 0.2) is 91.1 Å². The average molecular weight is 371 g/mol. The minimum absolute atomic E-state index is 0.233. The number of aromatic nitrogens is 3. The van der Waals surface area contributed by atoms with Gasteiger partial charge in [-0.2, -0.15) is 10.1 Å². The van der Waals surface area contributed by atoms with Gasteiger partial charge in [0.15, 0.2) is 5.82 Å². The van der Waals surface area contributed by atoms with Gasteiger partial charge in [0.05, 0.1) is 11.9 Å². The van der Waals surface area contributed by atoms with Crippen molar-refractivity contribution in [3.05, 3.63) is 103 Å². The molecule has 1 heterocycles. The summed E-state index contributed by atoms with van der Waals surface area (Å²) in [6, 6.07) is 26.4. The number of benzene rings is 3. The summed E-state index contributed by atoms with van der Waals surface area (Å²) in [5, 5.41) is 10.9. The highest BCUT2D eigenvalue weighted by Crippen LogP contribution is 2.26. The molecular formula is C22H18FN5. The SMILES string of the molecule is Fc1ccccc1Nc1nncc(N(Cc2ccccc2)c2ccccc2)n1. The average Bonchev–Trinajstić information content (AvgIpc) is 2.75. The van der Waals surface area contributed by atoms with Crippen molar-refractivity contribution in [2.45, 2.75) is 6.54 Å². The Morgan fingerprint density at radius 3 is 2.25 bits per heavy atom. The van der Waals surface area contributed by atoms with Crippen molar-refractivity contribution in [1.29, 1.82) is 0 Å². The molecule has 138 valence electrons. The Hall–Kier alpha value is -3.80. The fourth-order valence-electron chi connectivity index (χ4n) is 2.84. The normalized spacial score (nSPS) is 10.5. The summed E-state index contributed by atoms with van der Waals surface area (Å²) in [7, 11) is 0. The van der Waals surface area contributed by atoms with Gasteiger partial charge in [-0.1, -0.05) is 60.7 Å². The Morgan fingerprint density at radius 2 is 1.50 bits per heavy atom. The van der Waals surface area contributed by atoms with E-state index in [1.54, 1.807) is 24.4 Å². The molecule has 1 aromatic heterocycles. The van der Waals surface area contributed by atoms with Crippen LogP contribution < -0.4 is 10.2 Å². The fourth-order valence-corrected chi connectivity index (χ4v) is 2.84. The summed E-state index contributed by atoms with van der Waals surface area (Å²) in [5.41, 5.74) is 2.41. The van der Waals surface area contributed by atoms with E-state index in [0.717, 1.165) is 11.3 Å². The standard InChI is InChI=1S/C22H18FN5/c23-19-13-7-8-14-20(19)25-22-26-21(15-24-27-22)28(18-11-5-2-6-12-18)16-17-9-3-1-4-10-17/h1-15H,16H2,(H,25,26,27). The Morgan fingerprint density at radius 1 is 0.821 bits per heavy atom. The fraction of sp³-hybridized carbons (Fsp3) is 0.0455. The Kier molecular flexibility index (Phi) is 5.20. The van der Waals surface area contributed by atoms with E-state index >= 15 is 0 Å². The number of nitrogens with one attached hydrogen (secondary N) is 1. The van der Waals surface area contributed by atoms with Crippen LogP contribution in [0.25, 0.3) is 0 Å². The number of hydrogen-bond acceptors (Lipinski definition) is 5. The van der Waals surface area contributed by atoms with Gasteiger partial charge in [0.1, 0.15) is 5.82 Å². The maximum Gasteiger partial charge on any atom is 0.249 e. The number of hydrogen-bond donors (Lipinski definition) is 1. The summed E-state index contributed by atoms with van der Waals surface area (Å²) in [5.74, 6) is 0.473. The number of anilines is 4. The molecule has 0 aliphatic rings. The van der Waals surface area contributed by atoms with Crippen LogP contribution in [0, 0.1) is 5.82 Å². The molecule has 0 fully saturated rings. The molecule has 0 saturated carbocycles. The highest BCUT2D eigenvalue weighted by atomic mass is 19.1. The topological polar surface area (TPSA) is 53.9 Å². The van der Waals surface area contributed by atoms with Crippen molar-refractivity contribution < 1.29 is 4.39 Å². The maximum absolute atomic E-state index is 13.9. The third kappa shape index (κ3) is 4.12. The van der Waals surface area contributed by atoms with Crippen molar-refractivity contribution >= 4 is 23.1 Å². The van der Waals surface area contributed by atoms with Gasteiger partial charge in [-0.05, 0) is 29.8 Å². The van der Waals surface area contributed by atoms with Crippen LogP contribution in [0.1, 0.15) is 5.56 Å². The van der Waals surface area contributed by atoms with E-state index < -0.39 is 0 Å². The van der Waals surface area contributed by atoms with E-state index in [1.165, 1.54) is 6.07 Å². The zero-order valence-corrected chi connectivity index (χ0v) is 15.0. The summed E-state index contributed by atoms with van der Waals surface area (Å²) in [6.45, 7) is 0.614. The molecule has 3 aromatic carbocycles. The van der Waals surface area contributed by atoms with Crippen LogP contribution in [0.3, 0.4) is 0 Å². The Balaban J connectivity index is 1.67. The predicted molar refractivity (Wildman–Crippen MR) is 108 cm³/mol. The first kappa shape index (κ1) is 17.6. The number of nitrogens with zero attached hydrogens (tertiary/aromatic N) is 4. The molecule has 4 aromatic rings. The lowest BCUT2D eigenvalue weighted by atomic mass is 10.2. The molecule has 0 spiro atoms. The molecule has 1 N–H and O–H groups in total. The van der Waals surface area contributed by atoms with E-state index in [1.807, 2.05) is 53.4 Å². The Labute approximate surface area is 162 Å².